The van der Waals surface area contributed by atoms with Crippen LogP contribution in [0, 0.1) is 13.8 Å². The topological polar surface area (TPSA) is 50.3 Å². The molecule has 0 aliphatic carbocycles. The summed E-state index contributed by atoms with van der Waals surface area (Å²) in [6.07, 6.45) is 3.86. The number of piperazine rings is 1. The number of oxazole rings is 1. The molecular formula is C15H23N5O. The second-order valence-electron chi connectivity index (χ2n) is 5.76. The molecule has 1 fully saturated rings. The molecule has 0 radical (unpaired) electrons. The molecular weight excluding hydrogens is 266 g/mol. The molecule has 1 saturated heterocycles. The van der Waals surface area contributed by atoms with Crippen molar-refractivity contribution in [3.05, 3.63) is 35.6 Å². The van der Waals surface area contributed by atoms with Crippen LogP contribution in [0.4, 0.5) is 0 Å². The Bertz CT molecular complexity index is 575. The molecule has 0 spiro atoms. The first-order valence-electron chi connectivity index (χ1n) is 7.45. The molecule has 2 aromatic heterocycles. The van der Waals surface area contributed by atoms with Crippen molar-refractivity contribution >= 4 is 0 Å². The Balaban J connectivity index is 1.50. The van der Waals surface area contributed by atoms with Gasteiger partial charge < -0.3 is 8.98 Å². The van der Waals surface area contributed by atoms with E-state index in [1.807, 2.05) is 33.3 Å². The van der Waals surface area contributed by atoms with E-state index in [2.05, 4.69) is 24.3 Å². The monoisotopic (exact) mass is 289 g/mol. The molecule has 0 atom stereocenters. The molecule has 0 N–H and O–H groups in total. The highest BCUT2D eigenvalue weighted by atomic mass is 16.4. The molecule has 0 saturated carbocycles. The smallest absolute Gasteiger partial charge is 0.208 e. The van der Waals surface area contributed by atoms with Gasteiger partial charge in [-0.05, 0) is 13.8 Å². The van der Waals surface area contributed by atoms with Gasteiger partial charge in [0.05, 0.1) is 18.8 Å². The summed E-state index contributed by atoms with van der Waals surface area (Å²) < 4.78 is 7.75. The fraction of sp³-hybridized carbons (Fsp3) is 0.600. The molecule has 3 rings (SSSR count). The molecule has 0 amide bonds. The van der Waals surface area contributed by atoms with E-state index in [9.17, 15) is 0 Å². The SMILES string of the molecule is Cc1nc(CN2CCN(Cc3nccn3C)CC2)oc1C. The Morgan fingerprint density at radius 1 is 1.10 bits per heavy atom. The maximum Gasteiger partial charge on any atom is 0.208 e. The zero-order chi connectivity index (χ0) is 14.8. The van der Waals surface area contributed by atoms with Crippen LogP contribution in [-0.2, 0) is 20.1 Å². The predicted molar refractivity (Wildman–Crippen MR) is 79.7 cm³/mol. The van der Waals surface area contributed by atoms with Crippen LogP contribution in [0.15, 0.2) is 16.8 Å². The van der Waals surface area contributed by atoms with Crippen LogP contribution in [0.1, 0.15) is 23.2 Å². The summed E-state index contributed by atoms with van der Waals surface area (Å²) in [5.41, 5.74) is 0.999. The van der Waals surface area contributed by atoms with Gasteiger partial charge in [-0.2, -0.15) is 0 Å². The van der Waals surface area contributed by atoms with Crippen LogP contribution < -0.4 is 0 Å². The van der Waals surface area contributed by atoms with Crippen molar-refractivity contribution in [1.82, 2.24) is 24.3 Å². The van der Waals surface area contributed by atoms with Crippen LogP contribution in [0.2, 0.25) is 0 Å². The number of hydrogen-bond acceptors (Lipinski definition) is 5. The number of imidazole rings is 1. The van der Waals surface area contributed by atoms with Gasteiger partial charge >= 0.3 is 0 Å². The van der Waals surface area contributed by atoms with Gasteiger partial charge in [-0.15, -0.1) is 0 Å². The minimum absolute atomic E-state index is 0.810. The molecule has 2 aromatic rings. The lowest BCUT2D eigenvalue weighted by atomic mass is 10.3. The van der Waals surface area contributed by atoms with Crippen molar-refractivity contribution in [3.63, 3.8) is 0 Å². The van der Waals surface area contributed by atoms with Crippen molar-refractivity contribution in [2.24, 2.45) is 7.05 Å². The van der Waals surface area contributed by atoms with Crippen LogP contribution in [0.5, 0.6) is 0 Å². The first-order valence-corrected chi connectivity index (χ1v) is 7.45. The van der Waals surface area contributed by atoms with Gasteiger partial charge in [-0.3, -0.25) is 9.80 Å². The van der Waals surface area contributed by atoms with Crippen molar-refractivity contribution in [3.8, 4) is 0 Å². The van der Waals surface area contributed by atoms with E-state index >= 15 is 0 Å². The minimum atomic E-state index is 0.810. The first-order chi connectivity index (χ1) is 10.1. The van der Waals surface area contributed by atoms with E-state index in [-0.39, 0.29) is 0 Å². The predicted octanol–water partition coefficient (Wildman–Crippen LogP) is 1.34. The molecule has 21 heavy (non-hydrogen) atoms. The fourth-order valence-electron chi connectivity index (χ4n) is 2.65. The zero-order valence-electron chi connectivity index (χ0n) is 13.0. The number of aryl methyl sites for hydroxylation is 3. The van der Waals surface area contributed by atoms with Crippen LogP contribution in [0.25, 0.3) is 0 Å². The summed E-state index contributed by atoms with van der Waals surface area (Å²) in [5, 5.41) is 0. The fourth-order valence-corrected chi connectivity index (χ4v) is 2.65. The van der Waals surface area contributed by atoms with Crippen LogP contribution >= 0.6 is 0 Å². The highest BCUT2D eigenvalue weighted by Gasteiger charge is 2.19. The Morgan fingerprint density at radius 3 is 2.29 bits per heavy atom. The second-order valence-corrected chi connectivity index (χ2v) is 5.76. The molecule has 1 aliphatic rings. The van der Waals surface area contributed by atoms with Gasteiger partial charge in [0.2, 0.25) is 5.89 Å². The number of hydrogen-bond donors (Lipinski definition) is 0. The summed E-state index contributed by atoms with van der Waals surface area (Å²) in [4.78, 5) is 13.7. The minimum Gasteiger partial charge on any atom is -0.444 e. The normalized spacial score (nSPS) is 17.5. The zero-order valence-corrected chi connectivity index (χ0v) is 13.0. The summed E-state index contributed by atoms with van der Waals surface area (Å²) >= 11 is 0. The molecule has 1 aliphatic heterocycles. The van der Waals surface area contributed by atoms with Crippen molar-refractivity contribution in [2.75, 3.05) is 26.2 Å². The number of aromatic nitrogens is 3. The molecule has 3 heterocycles. The molecule has 0 bridgehead atoms. The van der Waals surface area contributed by atoms with E-state index in [0.717, 1.165) is 62.4 Å². The first kappa shape index (κ1) is 14.3. The average molecular weight is 289 g/mol. The number of rotatable bonds is 4. The summed E-state index contributed by atoms with van der Waals surface area (Å²) in [7, 11) is 2.05. The lowest BCUT2D eigenvalue weighted by molar-refractivity contribution is 0.111. The van der Waals surface area contributed by atoms with Crippen molar-refractivity contribution in [2.45, 2.75) is 26.9 Å². The molecule has 0 unspecified atom stereocenters. The van der Waals surface area contributed by atoms with Crippen molar-refractivity contribution in [1.29, 1.82) is 0 Å². The quantitative estimate of drug-likeness (QED) is 0.850. The lowest BCUT2D eigenvalue weighted by Crippen LogP contribution is -2.45. The third kappa shape index (κ3) is 3.33. The highest BCUT2D eigenvalue weighted by molar-refractivity contribution is 5.05. The van der Waals surface area contributed by atoms with E-state index < -0.39 is 0 Å². The summed E-state index contributed by atoms with van der Waals surface area (Å²) in [6.45, 7) is 9.91. The van der Waals surface area contributed by atoms with E-state index in [1.165, 1.54) is 0 Å². The van der Waals surface area contributed by atoms with Gasteiger partial charge in [0, 0.05) is 45.6 Å². The summed E-state index contributed by atoms with van der Waals surface area (Å²) in [5.74, 6) is 2.89. The van der Waals surface area contributed by atoms with Gasteiger partial charge in [0.25, 0.3) is 0 Å². The summed E-state index contributed by atoms with van der Waals surface area (Å²) in [6, 6.07) is 0. The number of nitrogens with zero attached hydrogens (tertiary/aromatic N) is 5. The highest BCUT2D eigenvalue weighted by Crippen LogP contribution is 2.13. The van der Waals surface area contributed by atoms with E-state index in [1.54, 1.807) is 0 Å². The maximum absolute atomic E-state index is 5.67. The van der Waals surface area contributed by atoms with Crippen LogP contribution in [0.3, 0.4) is 0 Å². The standard InChI is InChI=1S/C15H23N5O/c1-12-13(2)21-15(17-12)11-20-8-6-19(7-9-20)10-14-16-4-5-18(14)3/h4-5H,6-11H2,1-3H3. The Hall–Kier alpha value is -1.66. The van der Waals surface area contributed by atoms with E-state index in [4.69, 9.17) is 4.42 Å². The Labute approximate surface area is 125 Å². The lowest BCUT2D eigenvalue weighted by Gasteiger charge is -2.33. The third-order valence-electron chi connectivity index (χ3n) is 4.18. The van der Waals surface area contributed by atoms with Crippen LogP contribution in [-0.4, -0.2) is 50.5 Å². The second kappa shape index (κ2) is 5.99. The molecule has 6 nitrogen and oxygen atoms in total. The van der Waals surface area contributed by atoms with E-state index in [0.29, 0.717) is 0 Å². The molecule has 6 heteroatoms. The molecule has 0 aromatic carbocycles. The average Bonchev–Trinajstić information content (AvgIpc) is 2.99. The van der Waals surface area contributed by atoms with Gasteiger partial charge in [-0.25, -0.2) is 9.97 Å². The Morgan fingerprint density at radius 2 is 1.76 bits per heavy atom. The largest absolute Gasteiger partial charge is 0.444 e. The molecule has 114 valence electrons. The maximum atomic E-state index is 5.67. The van der Waals surface area contributed by atoms with Gasteiger partial charge in [0.15, 0.2) is 0 Å². The van der Waals surface area contributed by atoms with Crippen molar-refractivity contribution < 1.29 is 4.42 Å². The van der Waals surface area contributed by atoms with Gasteiger partial charge in [-0.1, -0.05) is 0 Å². The third-order valence-corrected chi connectivity index (χ3v) is 4.18. The Kier molecular flexibility index (Phi) is 4.07. The van der Waals surface area contributed by atoms with Gasteiger partial charge in [0.1, 0.15) is 11.6 Å².